The van der Waals surface area contributed by atoms with Crippen LogP contribution in [0, 0.1) is 40.9 Å². The van der Waals surface area contributed by atoms with Gasteiger partial charge < -0.3 is 17.3 Å². The second-order valence-electron chi connectivity index (χ2n) is 2.18. The van der Waals surface area contributed by atoms with E-state index in [1.165, 1.54) is 19.9 Å². The molecule has 127 valence electrons. The van der Waals surface area contributed by atoms with Crippen molar-refractivity contribution in [3.05, 3.63) is 0 Å². The van der Waals surface area contributed by atoms with Crippen LogP contribution in [0.2, 0.25) is 0 Å². The van der Waals surface area contributed by atoms with Gasteiger partial charge in [-0.1, -0.05) is 0 Å². The fraction of sp³-hybridized carbons (Fsp3) is 0. The van der Waals surface area contributed by atoms with Crippen LogP contribution in [0.3, 0.4) is 0 Å². The van der Waals surface area contributed by atoms with E-state index < -0.39 is 27.9 Å². The van der Waals surface area contributed by atoms with E-state index in [2.05, 4.69) is 0 Å². The molecule has 0 aromatic heterocycles. The van der Waals surface area contributed by atoms with Gasteiger partial charge in [0.1, 0.15) is 0 Å². The van der Waals surface area contributed by atoms with E-state index in [1.807, 2.05) is 0 Å². The van der Waals surface area contributed by atoms with E-state index in [4.69, 9.17) is 21.0 Å². The summed E-state index contributed by atoms with van der Waals surface area (Å²) in [7, 11) is -16.7. The Bertz CT molecular complexity index is 446. The van der Waals surface area contributed by atoms with Crippen molar-refractivity contribution in [3.63, 3.8) is 0 Å². The summed E-state index contributed by atoms with van der Waals surface area (Å²) in [6.07, 6.45) is 0. The Morgan fingerprint density at radius 2 is 0.714 bits per heavy atom. The number of hydrogen-bond acceptors (Lipinski definition) is 4. The topological polar surface area (TPSA) is 95.2 Å². The number of halogens is 10. The molecule has 0 aromatic rings. The Morgan fingerprint density at radius 3 is 0.714 bits per heavy atom. The van der Waals surface area contributed by atoms with Crippen molar-refractivity contribution in [2.75, 3.05) is 0 Å². The standard InChI is InChI=1S/4CN.BF4.Cu.F6P/c4*1-2;2-1(3,4)5;;1-7(2,3,4,5)6/q;;;;-1;;-1. The van der Waals surface area contributed by atoms with Crippen molar-refractivity contribution in [1.82, 2.24) is 0 Å². The van der Waals surface area contributed by atoms with Gasteiger partial charge in [0.15, 0.2) is 0 Å². The molecule has 0 saturated heterocycles. The van der Waals surface area contributed by atoms with Gasteiger partial charge in [0.2, 0.25) is 0 Å². The van der Waals surface area contributed by atoms with Crippen molar-refractivity contribution in [3.8, 4) is 19.9 Å². The first-order valence-electron chi connectivity index (χ1n) is 3.38. The molecule has 0 amide bonds. The predicted octanol–water partition coefficient (Wildman–Crippen LogP) is 4.75. The summed E-state index contributed by atoms with van der Waals surface area (Å²) in [5.74, 6) is 0. The molecule has 0 bridgehead atoms. The molecule has 4 nitrogen and oxygen atoms in total. The molecule has 0 heterocycles. The third-order valence-electron chi connectivity index (χ3n) is 0.405. The van der Waals surface area contributed by atoms with E-state index in [0.717, 1.165) is 0 Å². The number of hydrogen-bond donors (Lipinski definition) is 0. The molecule has 21 heavy (non-hydrogen) atoms. The van der Waals surface area contributed by atoms with Gasteiger partial charge in [-0.05, 0) is 0 Å². The van der Waals surface area contributed by atoms with Gasteiger partial charge in [0.25, 0.3) is 0 Å². The zero-order valence-electron chi connectivity index (χ0n) is 8.89. The molecular formula is C4BCuF10N4P-2. The quantitative estimate of drug-likeness (QED) is 0.334. The molecule has 17 heteroatoms. The molecule has 0 saturated carbocycles. The van der Waals surface area contributed by atoms with Crippen LogP contribution in [0.25, 0.3) is 0 Å². The van der Waals surface area contributed by atoms with Crippen LogP contribution in [-0.2, 0) is 12.8 Å². The van der Waals surface area contributed by atoms with Crippen LogP contribution >= 0.6 is 7.81 Å². The molecule has 0 unspecified atom stereocenters. The molecule has 0 aliphatic rings. The van der Waals surface area contributed by atoms with Crippen LogP contribution < -0.4 is 0 Å². The Morgan fingerprint density at radius 1 is 0.619 bits per heavy atom. The Hall–Kier alpha value is -1.73. The fourth-order valence-corrected chi connectivity index (χ4v) is 0.373. The molecule has 0 spiro atoms. The van der Waals surface area contributed by atoms with Gasteiger partial charge >= 0.3 is 94.0 Å². The van der Waals surface area contributed by atoms with Crippen molar-refractivity contribution >= 4 is 15.1 Å². The first kappa shape index (κ1) is 24.3. The van der Waals surface area contributed by atoms with Crippen LogP contribution in [0.15, 0.2) is 0 Å². The Balaban J connectivity index is -0.000000242. The molecule has 0 aliphatic carbocycles. The second-order valence-corrected chi connectivity index (χ2v) is 6.35. The summed E-state index contributed by atoms with van der Waals surface area (Å²) in [5.41, 5.74) is 0. The summed E-state index contributed by atoms with van der Waals surface area (Å²) < 4.78 is 98.2. The van der Waals surface area contributed by atoms with Gasteiger partial charge in [0.05, 0.1) is 0 Å². The molecule has 0 fully saturated rings. The SMILES string of the molecule is F[B-](F)(F)F.F[P-](F)(F)(F)(F)F.N#[C][Cu]([C]#N)([C]#N)[C]#N. The second kappa shape index (κ2) is 6.36. The third-order valence-corrected chi connectivity index (χ3v) is 1.67. The molecule has 0 rings (SSSR count). The van der Waals surface area contributed by atoms with Crippen molar-refractivity contribution in [2.24, 2.45) is 0 Å². The fourth-order valence-electron chi connectivity index (χ4n) is 0.0905. The van der Waals surface area contributed by atoms with Crippen LogP contribution in [0.5, 0.6) is 0 Å². The maximum absolute atomic E-state index is 10.7. The minimum absolute atomic E-state index is 1.36. The Labute approximate surface area is 112 Å². The van der Waals surface area contributed by atoms with E-state index in [1.54, 1.807) is 0 Å². The average Bonchev–Trinajstić information content (AvgIpc) is 2.15. The average molecular weight is 399 g/mol. The van der Waals surface area contributed by atoms with Gasteiger partial charge in [0, 0.05) is 0 Å². The van der Waals surface area contributed by atoms with Crippen molar-refractivity contribution < 1.29 is 55.3 Å². The third kappa shape index (κ3) is 45.9. The van der Waals surface area contributed by atoms with E-state index in [0.29, 0.717) is 0 Å². The van der Waals surface area contributed by atoms with E-state index >= 15 is 0 Å². The first-order valence-corrected chi connectivity index (χ1v) is 7.30. The predicted molar refractivity (Wildman–Crippen MR) is 46.2 cm³/mol. The summed E-state index contributed by atoms with van der Waals surface area (Å²) in [6, 6.07) is 0. The summed E-state index contributed by atoms with van der Waals surface area (Å²) in [5, 5.41) is 32.4. The molecule has 0 aliphatic heterocycles. The Kier molecular flexibility index (Phi) is 7.36. The van der Waals surface area contributed by atoms with Crippen LogP contribution in [0.4, 0.5) is 42.4 Å². The minimum atomic E-state index is -10.7. The van der Waals surface area contributed by atoms with Crippen molar-refractivity contribution in [2.45, 2.75) is 0 Å². The van der Waals surface area contributed by atoms with Crippen LogP contribution in [0.1, 0.15) is 0 Å². The van der Waals surface area contributed by atoms with Gasteiger partial charge in [-0.15, -0.1) is 0 Å². The first-order chi connectivity index (χ1) is 8.69. The van der Waals surface area contributed by atoms with Gasteiger partial charge in [-0.25, -0.2) is 0 Å². The molecule has 0 atom stereocenters. The summed E-state index contributed by atoms with van der Waals surface area (Å²) in [6.45, 7) is 0. The summed E-state index contributed by atoms with van der Waals surface area (Å²) >= 11 is -2.88. The molecular weight excluding hydrogens is 399 g/mol. The monoisotopic (exact) mass is 399 g/mol. The number of nitrogens with zero attached hydrogens (tertiary/aromatic N) is 4. The zero-order chi connectivity index (χ0) is 18.2. The van der Waals surface area contributed by atoms with Gasteiger partial charge in [-0.2, -0.15) is 0 Å². The normalized spacial score (nSPS) is 14.6. The van der Waals surface area contributed by atoms with Crippen LogP contribution in [-0.4, -0.2) is 7.25 Å². The zero-order valence-corrected chi connectivity index (χ0v) is 10.7. The number of nitriles is 4. The van der Waals surface area contributed by atoms with E-state index in [9.17, 15) is 42.4 Å². The van der Waals surface area contributed by atoms with E-state index in [-0.39, 0.29) is 0 Å². The van der Waals surface area contributed by atoms with Gasteiger partial charge in [-0.3, -0.25) is 0 Å². The van der Waals surface area contributed by atoms with Crippen molar-refractivity contribution in [1.29, 1.82) is 21.0 Å². The molecule has 0 aromatic carbocycles. The summed E-state index contributed by atoms with van der Waals surface area (Å²) in [4.78, 5) is 5.44. The molecule has 0 N–H and O–H groups in total. The maximum atomic E-state index is 9.87. The molecule has 0 radical (unpaired) electrons. The number of rotatable bonds is 0.